The molecule has 0 aliphatic carbocycles. The third-order valence-corrected chi connectivity index (χ3v) is 3.14. The Morgan fingerprint density at radius 2 is 1.95 bits per heavy atom. The molecule has 1 heterocycles. The van der Waals surface area contributed by atoms with Crippen molar-refractivity contribution >= 4 is 17.0 Å². The van der Waals surface area contributed by atoms with Crippen LogP contribution in [0.15, 0.2) is 18.2 Å². The van der Waals surface area contributed by atoms with Gasteiger partial charge in [0, 0.05) is 16.6 Å². The fraction of sp³-hybridized carbons (Fsp3) is 0.400. The van der Waals surface area contributed by atoms with Crippen LogP contribution >= 0.6 is 0 Å². The lowest BCUT2D eigenvalue weighted by molar-refractivity contribution is 0.154. The number of aryl methyl sites for hydroxylation is 2. The third-order valence-electron chi connectivity index (χ3n) is 3.14. The van der Waals surface area contributed by atoms with E-state index >= 15 is 0 Å². The summed E-state index contributed by atoms with van der Waals surface area (Å²) in [5, 5.41) is 1.02. The van der Waals surface area contributed by atoms with E-state index in [0.29, 0.717) is 13.2 Å². The normalized spacial score (nSPS) is 10.7. The average Bonchev–Trinajstić information content (AvgIpc) is 2.71. The molecule has 0 unspecified atom stereocenters. The summed E-state index contributed by atoms with van der Waals surface area (Å²) in [4.78, 5) is 12.0. The second-order valence-corrected chi connectivity index (χ2v) is 4.37. The predicted molar refractivity (Wildman–Crippen MR) is 75.0 cm³/mol. The summed E-state index contributed by atoms with van der Waals surface area (Å²) < 4.78 is 12.3. The highest BCUT2D eigenvalue weighted by atomic mass is 16.5. The molecule has 1 aromatic heterocycles. The summed E-state index contributed by atoms with van der Waals surface area (Å²) in [7, 11) is 0. The Bertz CT molecular complexity index is 613. The molecule has 2 rings (SSSR count). The first-order valence-electron chi connectivity index (χ1n) is 6.51. The quantitative estimate of drug-likeness (QED) is 0.846. The summed E-state index contributed by atoms with van der Waals surface area (Å²) in [6.07, 6.45) is -0.335. The maximum Gasteiger partial charge on any atom is 0.418 e. The Morgan fingerprint density at radius 1 is 1.21 bits per heavy atom. The topological polar surface area (TPSA) is 40.5 Å². The number of aromatic nitrogens is 1. The highest BCUT2D eigenvalue weighted by Crippen LogP contribution is 2.30. The van der Waals surface area contributed by atoms with Crippen LogP contribution in [0.5, 0.6) is 5.75 Å². The van der Waals surface area contributed by atoms with Crippen molar-refractivity contribution in [3.8, 4) is 5.75 Å². The number of ether oxygens (including phenoxy) is 2. The molecule has 102 valence electrons. The highest BCUT2D eigenvalue weighted by Gasteiger charge is 2.16. The van der Waals surface area contributed by atoms with E-state index in [2.05, 4.69) is 0 Å². The lowest BCUT2D eigenvalue weighted by atomic mass is 10.1. The van der Waals surface area contributed by atoms with E-state index in [1.54, 1.807) is 11.5 Å². The number of rotatable bonds is 3. The van der Waals surface area contributed by atoms with E-state index in [-0.39, 0.29) is 6.09 Å². The molecule has 0 radical (unpaired) electrons. The molecular formula is C15H19NO3. The fourth-order valence-electron chi connectivity index (χ4n) is 2.28. The van der Waals surface area contributed by atoms with E-state index in [1.165, 1.54) is 0 Å². The summed E-state index contributed by atoms with van der Waals surface area (Å²) in [5.41, 5.74) is 2.77. The van der Waals surface area contributed by atoms with Gasteiger partial charge in [0.05, 0.1) is 18.7 Å². The third kappa shape index (κ3) is 2.30. The number of carbonyl (C=O) groups is 1. The van der Waals surface area contributed by atoms with Crippen LogP contribution in [0, 0.1) is 13.8 Å². The molecular weight excluding hydrogens is 242 g/mol. The average molecular weight is 261 g/mol. The van der Waals surface area contributed by atoms with Gasteiger partial charge in [0.1, 0.15) is 5.75 Å². The minimum absolute atomic E-state index is 0.335. The van der Waals surface area contributed by atoms with Crippen molar-refractivity contribution in [3.63, 3.8) is 0 Å². The van der Waals surface area contributed by atoms with Crippen LogP contribution in [0.4, 0.5) is 4.79 Å². The van der Waals surface area contributed by atoms with Crippen LogP contribution < -0.4 is 4.74 Å². The number of carbonyl (C=O) groups excluding carboxylic acids is 1. The lowest BCUT2D eigenvalue weighted by Crippen LogP contribution is -2.14. The Kier molecular flexibility index (Phi) is 3.79. The maximum absolute atomic E-state index is 12.0. The second kappa shape index (κ2) is 5.34. The molecule has 2 aromatic rings. The van der Waals surface area contributed by atoms with Gasteiger partial charge in [-0.2, -0.15) is 0 Å². The van der Waals surface area contributed by atoms with E-state index in [0.717, 1.165) is 27.9 Å². The zero-order valence-corrected chi connectivity index (χ0v) is 11.8. The molecule has 0 bridgehead atoms. The van der Waals surface area contributed by atoms with Gasteiger partial charge in [-0.15, -0.1) is 0 Å². The van der Waals surface area contributed by atoms with Crippen LogP contribution in [-0.2, 0) is 4.74 Å². The first-order chi connectivity index (χ1) is 9.10. The van der Waals surface area contributed by atoms with Crippen molar-refractivity contribution in [3.05, 3.63) is 29.5 Å². The van der Waals surface area contributed by atoms with Crippen molar-refractivity contribution in [2.24, 2.45) is 0 Å². The predicted octanol–water partition coefficient (Wildman–Crippen LogP) is 3.66. The van der Waals surface area contributed by atoms with E-state index in [1.807, 2.05) is 39.0 Å². The minimum atomic E-state index is -0.335. The summed E-state index contributed by atoms with van der Waals surface area (Å²) in [6, 6.07) is 5.79. The van der Waals surface area contributed by atoms with Gasteiger partial charge in [-0.3, -0.25) is 0 Å². The number of benzene rings is 1. The summed E-state index contributed by atoms with van der Waals surface area (Å²) >= 11 is 0. The largest absolute Gasteiger partial charge is 0.494 e. The Labute approximate surface area is 112 Å². The van der Waals surface area contributed by atoms with Crippen LogP contribution in [0.2, 0.25) is 0 Å². The molecule has 0 fully saturated rings. The molecule has 0 saturated carbocycles. The molecule has 1 aromatic carbocycles. The van der Waals surface area contributed by atoms with Crippen molar-refractivity contribution < 1.29 is 14.3 Å². The van der Waals surface area contributed by atoms with E-state index in [4.69, 9.17) is 9.47 Å². The molecule has 0 atom stereocenters. The monoisotopic (exact) mass is 261 g/mol. The smallest absolute Gasteiger partial charge is 0.418 e. The molecule has 4 heteroatoms. The van der Waals surface area contributed by atoms with E-state index in [9.17, 15) is 4.79 Å². The zero-order chi connectivity index (χ0) is 14.0. The van der Waals surface area contributed by atoms with Gasteiger partial charge in [-0.25, -0.2) is 9.36 Å². The van der Waals surface area contributed by atoms with Crippen molar-refractivity contribution in [1.29, 1.82) is 0 Å². The Hall–Kier alpha value is -1.97. The molecule has 0 aliphatic heterocycles. The molecule has 0 N–H and O–H groups in total. The Morgan fingerprint density at radius 3 is 2.58 bits per heavy atom. The number of nitrogens with zero attached hydrogens (tertiary/aromatic N) is 1. The molecule has 4 nitrogen and oxygen atoms in total. The summed E-state index contributed by atoms with van der Waals surface area (Å²) in [6.45, 7) is 8.66. The van der Waals surface area contributed by atoms with Gasteiger partial charge in [0.15, 0.2) is 0 Å². The molecule has 0 spiro atoms. The van der Waals surface area contributed by atoms with Gasteiger partial charge >= 0.3 is 6.09 Å². The van der Waals surface area contributed by atoms with Gasteiger partial charge in [0.25, 0.3) is 0 Å². The van der Waals surface area contributed by atoms with Gasteiger partial charge in [0.2, 0.25) is 0 Å². The van der Waals surface area contributed by atoms with E-state index < -0.39 is 0 Å². The first kappa shape index (κ1) is 13.5. The van der Waals surface area contributed by atoms with Crippen molar-refractivity contribution in [2.45, 2.75) is 27.7 Å². The molecule has 0 amide bonds. The van der Waals surface area contributed by atoms with Crippen molar-refractivity contribution in [1.82, 2.24) is 4.57 Å². The second-order valence-electron chi connectivity index (χ2n) is 4.37. The molecule has 0 aliphatic rings. The van der Waals surface area contributed by atoms with Crippen molar-refractivity contribution in [2.75, 3.05) is 13.2 Å². The number of hydrogen-bond donors (Lipinski definition) is 0. The molecule has 0 saturated heterocycles. The fourth-order valence-corrected chi connectivity index (χ4v) is 2.28. The lowest BCUT2D eigenvalue weighted by Gasteiger charge is -2.09. The summed E-state index contributed by atoms with van der Waals surface area (Å²) in [5.74, 6) is 0.857. The van der Waals surface area contributed by atoms with Crippen LogP contribution in [0.1, 0.15) is 25.1 Å². The SMILES string of the molecule is CCOC(=O)n1c(C)cc2c(C)c(OCC)ccc21. The number of hydrogen-bond acceptors (Lipinski definition) is 3. The standard InChI is InChI=1S/C15H19NO3/c1-5-18-14-8-7-13-12(11(14)4)9-10(3)16(13)15(17)19-6-2/h7-9H,5-6H2,1-4H3. The van der Waals surface area contributed by atoms with Gasteiger partial charge < -0.3 is 9.47 Å². The minimum Gasteiger partial charge on any atom is -0.494 e. The van der Waals surface area contributed by atoms with Crippen LogP contribution in [-0.4, -0.2) is 23.9 Å². The Balaban J connectivity index is 2.59. The number of fused-ring (bicyclic) bond motifs is 1. The van der Waals surface area contributed by atoms with Gasteiger partial charge in [-0.05, 0) is 45.9 Å². The highest BCUT2D eigenvalue weighted by molar-refractivity contribution is 5.93. The van der Waals surface area contributed by atoms with Crippen LogP contribution in [0.25, 0.3) is 10.9 Å². The van der Waals surface area contributed by atoms with Crippen LogP contribution in [0.3, 0.4) is 0 Å². The maximum atomic E-state index is 12.0. The zero-order valence-electron chi connectivity index (χ0n) is 11.8. The first-order valence-corrected chi connectivity index (χ1v) is 6.51. The van der Waals surface area contributed by atoms with Gasteiger partial charge in [-0.1, -0.05) is 0 Å². The molecule has 19 heavy (non-hydrogen) atoms.